The molecular weight excluding hydrogens is 250 g/mol. The zero-order chi connectivity index (χ0) is 14.4. The number of aliphatic hydroxyl groups excluding tert-OH is 1. The molecule has 0 aliphatic heterocycles. The van der Waals surface area contributed by atoms with E-state index >= 15 is 0 Å². The molecule has 1 N–H and O–H groups in total. The molecule has 0 aromatic rings. The molecule has 0 amide bonds. The second-order valence-electron chi connectivity index (χ2n) is 5.46. The molecule has 0 aromatic carbocycles. The van der Waals surface area contributed by atoms with Crippen molar-refractivity contribution in [3.05, 3.63) is 0 Å². The van der Waals surface area contributed by atoms with E-state index in [1.807, 2.05) is 0 Å². The van der Waals surface area contributed by atoms with Gasteiger partial charge in [-0.25, -0.2) is 0 Å². The molecule has 0 bridgehead atoms. The molecule has 0 spiro atoms. The van der Waals surface area contributed by atoms with Crippen LogP contribution in [-0.2, 0) is 4.74 Å². The van der Waals surface area contributed by atoms with Crippen molar-refractivity contribution >= 4 is 11.6 Å². The predicted octanol–water partition coefficient (Wildman–Crippen LogP) is 3.24. The van der Waals surface area contributed by atoms with Crippen LogP contribution in [0.3, 0.4) is 0 Å². The Labute approximate surface area is 117 Å². The van der Waals surface area contributed by atoms with Gasteiger partial charge in [0.1, 0.15) is 6.23 Å². The number of methoxy groups -OCH3 is 1. The maximum absolute atomic E-state index is 10.1. The Bertz CT molecular complexity index is 234. The monoisotopic (exact) mass is 279 g/mol. The zero-order valence-electron chi connectivity index (χ0n) is 12.8. The number of nitrogens with zero attached hydrogens (tertiary/aromatic N) is 1. The van der Waals surface area contributed by atoms with Gasteiger partial charge in [0.05, 0.1) is 11.5 Å². The summed E-state index contributed by atoms with van der Waals surface area (Å²) in [5, 5.41) is 10.1. The fourth-order valence-electron chi connectivity index (χ4n) is 2.61. The van der Waals surface area contributed by atoms with E-state index in [0.29, 0.717) is 0 Å². The zero-order valence-corrected chi connectivity index (χ0v) is 13.5. The first-order valence-corrected chi connectivity index (χ1v) is 7.41. The van der Waals surface area contributed by atoms with E-state index in [1.165, 1.54) is 0 Å². The molecule has 3 nitrogen and oxygen atoms in total. The number of halogens is 1. The van der Waals surface area contributed by atoms with Crippen LogP contribution < -0.4 is 0 Å². The molecule has 0 rings (SSSR count). The maximum Gasteiger partial charge on any atom is 0.121 e. The Kier molecular flexibility index (Phi) is 7.76. The fourth-order valence-corrected chi connectivity index (χ4v) is 2.78. The van der Waals surface area contributed by atoms with Crippen LogP contribution in [0, 0.1) is 0 Å². The number of hydrogen-bond donors (Lipinski definition) is 1. The van der Waals surface area contributed by atoms with Crippen LogP contribution in [0.1, 0.15) is 53.9 Å². The minimum absolute atomic E-state index is 0.107. The molecule has 0 saturated carbocycles. The summed E-state index contributed by atoms with van der Waals surface area (Å²) in [4.78, 5) is 2.08. The van der Waals surface area contributed by atoms with E-state index in [9.17, 15) is 5.11 Å². The summed E-state index contributed by atoms with van der Waals surface area (Å²) in [5.41, 5.74) is -0.270. The second-order valence-corrected chi connectivity index (χ2v) is 5.76. The fraction of sp³-hybridized carbons (Fsp3) is 1.00. The van der Waals surface area contributed by atoms with Crippen molar-refractivity contribution in [2.75, 3.05) is 19.5 Å². The lowest BCUT2D eigenvalue weighted by Crippen LogP contribution is -2.55. The molecule has 0 aliphatic rings. The molecule has 0 aromatic heterocycles. The summed E-state index contributed by atoms with van der Waals surface area (Å²) in [6.07, 6.45) is 2.19. The first kappa shape index (κ1) is 18.2. The minimum Gasteiger partial charge on any atom is -0.378 e. The van der Waals surface area contributed by atoms with Crippen LogP contribution in [0.4, 0.5) is 0 Å². The predicted molar refractivity (Wildman–Crippen MR) is 78.1 cm³/mol. The van der Waals surface area contributed by atoms with Gasteiger partial charge in [-0.2, -0.15) is 0 Å². The van der Waals surface area contributed by atoms with Crippen LogP contribution >= 0.6 is 11.6 Å². The van der Waals surface area contributed by atoms with Gasteiger partial charge in [0.15, 0.2) is 0 Å². The van der Waals surface area contributed by atoms with Crippen LogP contribution in [-0.4, -0.2) is 46.9 Å². The first-order chi connectivity index (χ1) is 8.32. The Hall–Kier alpha value is 0.170. The van der Waals surface area contributed by atoms with E-state index < -0.39 is 6.23 Å². The summed E-state index contributed by atoms with van der Waals surface area (Å²) >= 11 is 5.80. The molecule has 0 heterocycles. The molecule has 3 unspecified atom stereocenters. The van der Waals surface area contributed by atoms with Gasteiger partial charge >= 0.3 is 0 Å². The lowest BCUT2D eigenvalue weighted by molar-refractivity contribution is -0.0963. The lowest BCUT2D eigenvalue weighted by atomic mass is 9.81. The highest BCUT2D eigenvalue weighted by Crippen LogP contribution is 2.34. The number of rotatable bonds is 9. The molecule has 18 heavy (non-hydrogen) atoms. The van der Waals surface area contributed by atoms with Gasteiger partial charge in [0.2, 0.25) is 0 Å². The molecule has 110 valence electrons. The Morgan fingerprint density at radius 3 is 2.06 bits per heavy atom. The third-order valence-corrected chi connectivity index (χ3v) is 4.57. The lowest BCUT2D eigenvalue weighted by Gasteiger charge is -2.47. The van der Waals surface area contributed by atoms with E-state index in [2.05, 4.69) is 39.5 Å². The van der Waals surface area contributed by atoms with E-state index in [1.54, 1.807) is 7.11 Å². The normalized spacial score (nSPS) is 20.5. The van der Waals surface area contributed by atoms with Crippen LogP contribution in [0.5, 0.6) is 0 Å². The van der Waals surface area contributed by atoms with Crippen LogP contribution in [0.15, 0.2) is 0 Å². The molecule has 0 fully saturated rings. The van der Waals surface area contributed by atoms with Crippen LogP contribution in [0.2, 0.25) is 0 Å². The average molecular weight is 280 g/mol. The summed E-state index contributed by atoms with van der Waals surface area (Å²) in [5.74, 6) is 0.235. The third-order valence-electron chi connectivity index (χ3n) is 4.29. The smallest absolute Gasteiger partial charge is 0.121 e. The molecule has 3 atom stereocenters. The van der Waals surface area contributed by atoms with Crippen LogP contribution in [0.25, 0.3) is 0 Å². The summed E-state index contributed by atoms with van der Waals surface area (Å²) in [6, 6.07) is 0. The summed E-state index contributed by atoms with van der Waals surface area (Å²) in [6.45, 7) is 11.4. The number of hydrogen-bond acceptors (Lipinski definition) is 3. The highest BCUT2D eigenvalue weighted by Gasteiger charge is 2.39. The second kappa shape index (κ2) is 7.68. The van der Waals surface area contributed by atoms with Crippen molar-refractivity contribution in [3.8, 4) is 0 Å². The van der Waals surface area contributed by atoms with Gasteiger partial charge in [-0.15, -0.1) is 11.6 Å². The van der Waals surface area contributed by atoms with E-state index in [4.69, 9.17) is 16.3 Å². The van der Waals surface area contributed by atoms with Gasteiger partial charge in [0.25, 0.3) is 0 Å². The van der Waals surface area contributed by atoms with Crippen molar-refractivity contribution in [2.45, 2.75) is 71.2 Å². The molecule has 0 saturated heterocycles. The number of aliphatic hydroxyl groups is 1. The molecule has 4 heteroatoms. The average Bonchev–Trinajstić information content (AvgIpc) is 2.38. The highest BCUT2D eigenvalue weighted by atomic mass is 35.5. The summed E-state index contributed by atoms with van der Waals surface area (Å²) < 4.78 is 5.65. The Morgan fingerprint density at radius 2 is 1.78 bits per heavy atom. The van der Waals surface area contributed by atoms with E-state index in [-0.39, 0.29) is 17.0 Å². The van der Waals surface area contributed by atoms with Gasteiger partial charge in [-0.1, -0.05) is 20.8 Å². The highest BCUT2D eigenvalue weighted by molar-refractivity contribution is 6.18. The van der Waals surface area contributed by atoms with Gasteiger partial charge < -0.3 is 9.84 Å². The quantitative estimate of drug-likeness (QED) is 0.519. The standard InChI is InChI=1S/C14H30ClNO2/c1-7-13(4,11-14(5,8-2)18-6)16(9-3)12(17)10-15/h12,17H,7-11H2,1-6H3. The Balaban J connectivity index is 5.08. The van der Waals surface area contributed by atoms with Gasteiger partial charge in [-0.3, -0.25) is 4.90 Å². The van der Waals surface area contributed by atoms with Crippen molar-refractivity contribution < 1.29 is 9.84 Å². The van der Waals surface area contributed by atoms with Gasteiger partial charge in [0, 0.05) is 12.6 Å². The van der Waals surface area contributed by atoms with Crippen molar-refractivity contribution in [2.24, 2.45) is 0 Å². The number of alkyl halides is 1. The summed E-state index contributed by atoms with van der Waals surface area (Å²) in [7, 11) is 1.76. The molecular formula is C14H30ClNO2. The van der Waals surface area contributed by atoms with Gasteiger partial charge in [-0.05, 0) is 39.7 Å². The van der Waals surface area contributed by atoms with E-state index in [0.717, 1.165) is 25.8 Å². The Morgan fingerprint density at radius 1 is 1.22 bits per heavy atom. The van der Waals surface area contributed by atoms with Crippen molar-refractivity contribution in [1.29, 1.82) is 0 Å². The first-order valence-electron chi connectivity index (χ1n) is 6.88. The maximum atomic E-state index is 10.1. The largest absolute Gasteiger partial charge is 0.378 e. The molecule has 0 radical (unpaired) electrons. The minimum atomic E-state index is -0.598. The SMILES string of the molecule is CCN(C(O)CCl)C(C)(CC)CC(C)(CC)OC. The third kappa shape index (κ3) is 4.37. The van der Waals surface area contributed by atoms with Crippen molar-refractivity contribution in [3.63, 3.8) is 0 Å². The number of ether oxygens (including phenoxy) is 1. The van der Waals surface area contributed by atoms with Crippen molar-refractivity contribution in [1.82, 2.24) is 4.90 Å². The molecule has 0 aliphatic carbocycles. The topological polar surface area (TPSA) is 32.7 Å².